The van der Waals surface area contributed by atoms with Crippen molar-refractivity contribution in [2.45, 2.75) is 19.1 Å². The van der Waals surface area contributed by atoms with Gasteiger partial charge in [-0.3, -0.25) is 4.79 Å². The van der Waals surface area contributed by atoms with E-state index in [1.54, 1.807) is 31.2 Å². The molecular weight excluding hydrogens is 292 g/mol. The van der Waals surface area contributed by atoms with E-state index in [1.165, 1.54) is 7.05 Å². The number of hydrogen-bond donors (Lipinski definition) is 0. The normalized spacial score (nSPS) is 11.1. The number of sulfonamides is 1. The summed E-state index contributed by atoms with van der Waals surface area (Å²) in [5.74, 6) is -0.587. The molecule has 21 heavy (non-hydrogen) atoms. The van der Waals surface area contributed by atoms with Crippen molar-refractivity contribution in [3.63, 3.8) is 0 Å². The third-order valence-corrected chi connectivity index (χ3v) is 4.67. The van der Waals surface area contributed by atoms with Gasteiger partial charge >= 0.3 is 5.97 Å². The Morgan fingerprint density at radius 1 is 1.33 bits per heavy atom. The van der Waals surface area contributed by atoms with Gasteiger partial charge in [0.15, 0.2) is 0 Å². The molecule has 0 N–H and O–H groups in total. The van der Waals surface area contributed by atoms with Crippen molar-refractivity contribution in [3.05, 3.63) is 35.4 Å². The monoisotopic (exact) mass is 310 g/mol. The fourth-order valence-corrected chi connectivity index (χ4v) is 2.82. The predicted octanol–water partition coefficient (Wildman–Crippen LogP) is 1.27. The molecule has 1 rings (SSSR count). The van der Waals surface area contributed by atoms with Gasteiger partial charge in [-0.25, -0.2) is 12.7 Å². The van der Waals surface area contributed by atoms with Gasteiger partial charge in [0, 0.05) is 13.6 Å². The summed E-state index contributed by atoms with van der Waals surface area (Å²) < 4.78 is 30.2. The number of ether oxygens (including phenoxy) is 1. The van der Waals surface area contributed by atoms with E-state index in [4.69, 9.17) is 10.00 Å². The molecule has 0 heterocycles. The van der Waals surface area contributed by atoms with Crippen molar-refractivity contribution in [1.82, 2.24) is 4.31 Å². The number of rotatable bonds is 7. The Balaban J connectivity index is 2.63. The molecule has 0 aliphatic heterocycles. The molecule has 0 fully saturated rings. The van der Waals surface area contributed by atoms with Crippen LogP contribution in [0.15, 0.2) is 24.3 Å². The Labute approximate surface area is 125 Å². The maximum absolute atomic E-state index is 12.1. The zero-order valence-corrected chi connectivity index (χ0v) is 12.9. The van der Waals surface area contributed by atoms with Gasteiger partial charge in [0.05, 0.1) is 30.4 Å². The number of benzene rings is 1. The number of carbonyl (C=O) groups excluding carboxylic acids is 1. The maximum Gasteiger partial charge on any atom is 0.307 e. The topological polar surface area (TPSA) is 87.5 Å². The number of carbonyl (C=O) groups is 1. The zero-order chi connectivity index (χ0) is 15.9. The molecular formula is C14H18N2O4S. The van der Waals surface area contributed by atoms with Crippen molar-refractivity contribution in [2.24, 2.45) is 0 Å². The summed E-state index contributed by atoms with van der Waals surface area (Å²) in [7, 11) is -2.07. The van der Waals surface area contributed by atoms with Crippen molar-refractivity contribution in [2.75, 3.05) is 20.2 Å². The van der Waals surface area contributed by atoms with Crippen LogP contribution >= 0.6 is 0 Å². The van der Waals surface area contributed by atoms with E-state index in [0.29, 0.717) is 11.1 Å². The summed E-state index contributed by atoms with van der Waals surface area (Å²) in [6, 6.07) is 8.33. The smallest absolute Gasteiger partial charge is 0.307 e. The molecule has 0 aliphatic carbocycles. The second kappa shape index (κ2) is 7.76. The Morgan fingerprint density at radius 2 is 1.95 bits per heavy atom. The molecule has 7 heteroatoms. The van der Waals surface area contributed by atoms with Crippen LogP contribution in [0.4, 0.5) is 0 Å². The van der Waals surface area contributed by atoms with Crippen LogP contribution in [0.3, 0.4) is 0 Å². The molecule has 1 aromatic rings. The van der Waals surface area contributed by atoms with Crippen LogP contribution in [-0.4, -0.2) is 38.9 Å². The third-order valence-electron chi connectivity index (χ3n) is 2.84. The van der Waals surface area contributed by atoms with Gasteiger partial charge in [0.2, 0.25) is 10.0 Å². The minimum Gasteiger partial charge on any atom is -0.466 e. The number of esters is 1. The SMILES string of the molecule is CCOC(=O)CCN(C)S(=O)(=O)Cc1ccc(C#N)cc1. The highest BCUT2D eigenvalue weighted by atomic mass is 32.2. The lowest BCUT2D eigenvalue weighted by Gasteiger charge is -2.16. The fraction of sp³-hybridized carbons (Fsp3) is 0.429. The van der Waals surface area contributed by atoms with E-state index in [2.05, 4.69) is 0 Å². The molecule has 0 saturated carbocycles. The Bertz CT molecular complexity index is 617. The Morgan fingerprint density at radius 3 is 2.48 bits per heavy atom. The largest absolute Gasteiger partial charge is 0.466 e. The van der Waals surface area contributed by atoms with Gasteiger partial charge < -0.3 is 4.74 Å². The van der Waals surface area contributed by atoms with E-state index < -0.39 is 16.0 Å². The lowest BCUT2D eigenvalue weighted by molar-refractivity contribution is -0.143. The summed E-state index contributed by atoms with van der Waals surface area (Å²) >= 11 is 0. The van der Waals surface area contributed by atoms with Crippen molar-refractivity contribution >= 4 is 16.0 Å². The van der Waals surface area contributed by atoms with Crippen molar-refractivity contribution < 1.29 is 17.9 Å². The molecule has 114 valence electrons. The fourth-order valence-electron chi connectivity index (χ4n) is 1.62. The minimum absolute atomic E-state index is 0.0247. The molecule has 0 spiro atoms. The van der Waals surface area contributed by atoms with Crippen LogP contribution in [0.1, 0.15) is 24.5 Å². The van der Waals surface area contributed by atoms with Crippen LogP contribution < -0.4 is 0 Å². The first-order valence-corrected chi connectivity index (χ1v) is 8.08. The quantitative estimate of drug-likeness (QED) is 0.708. The molecule has 0 radical (unpaired) electrons. The van der Waals surface area contributed by atoms with E-state index >= 15 is 0 Å². The van der Waals surface area contributed by atoms with Gasteiger partial charge in [-0.05, 0) is 24.6 Å². The van der Waals surface area contributed by atoms with Crippen molar-refractivity contribution in [3.8, 4) is 6.07 Å². The lowest BCUT2D eigenvalue weighted by atomic mass is 10.2. The lowest BCUT2D eigenvalue weighted by Crippen LogP contribution is -2.30. The Hall–Kier alpha value is -1.91. The number of nitrogens with zero attached hydrogens (tertiary/aromatic N) is 2. The van der Waals surface area contributed by atoms with Crippen LogP contribution in [-0.2, 0) is 25.3 Å². The van der Waals surface area contributed by atoms with E-state index in [1.807, 2.05) is 6.07 Å². The predicted molar refractivity (Wildman–Crippen MR) is 77.7 cm³/mol. The summed E-state index contributed by atoms with van der Waals surface area (Å²) in [4.78, 5) is 11.2. The van der Waals surface area contributed by atoms with Gasteiger partial charge in [-0.15, -0.1) is 0 Å². The van der Waals surface area contributed by atoms with Crippen molar-refractivity contribution in [1.29, 1.82) is 5.26 Å². The van der Waals surface area contributed by atoms with Gasteiger partial charge in [-0.2, -0.15) is 5.26 Å². The van der Waals surface area contributed by atoms with Gasteiger partial charge in [-0.1, -0.05) is 12.1 Å². The van der Waals surface area contributed by atoms with Gasteiger partial charge in [0.25, 0.3) is 0 Å². The first kappa shape index (κ1) is 17.1. The number of nitriles is 1. The molecule has 0 atom stereocenters. The highest BCUT2D eigenvalue weighted by Crippen LogP contribution is 2.11. The molecule has 1 aromatic carbocycles. The van der Waals surface area contributed by atoms with E-state index in [0.717, 1.165) is 4.31 Å². The summed E-state index contributed by atoms with van der Waals surface area (Å²) in [5.41, 5.74) is 1.07. The molecule has 0 unspecified atom stereocenters. The van der Waals surface area contributed by atoms with E-state index in [9.17, 15) is 13.2 Å². The molecule has 0 amide bonds. The summed E-state index contributed by atoms with van der Waals surface area (Å²) in [5, 5.41) is 8.69. The summed E-state index contributed by atoms with van der Waals surface area (Å²) in [6.07, 6.45) is 0.0247. The standard InChI is InChI=1S/C14H18N2O4S/c1-3-20-14(17)8-9-16(2)21(18,19)11-13-6-4-12(10-15)5-7-13/h4-7H,3,8-9,11H2,1-2H3. The third kappa shape index (κ3) is 5.53. The van der Waals surface area contributed by atoms with Crippen LogP contribution in [0.25, 0.3) is 0 Å². The second-order valence-electron chi connectivity index (χ2n) is 4.44. The second-order valence-corrected chi connectivity index (χ2v) is 6.52. The first-order valence-electron chi connectivity index (χ1n) is 6.47. The van der Waals surface area contributed by atoms with Crippen LogP contribution in [0.2, 0.25) is 0 Å². The molecule has 0 bridgehead atoms. The summed E-state index contributed by atoms with van der Waals surface area (Å²) in [6.45, 7) is 2.06. The molecule has 0 aromatic heterocycles. The minimum atomic E-state index is -3.50. The molecule has 6 nitrogen and oxygen atoms in total. The number of hydrogen-bond acceptors (Lipinski definition) is 5. The molecule has 0 aliphatic rings. The highest BCUT2D eigenvalue weighted by Gasteiger charge is 2.19. The highest BCUT2D eigenvalue weighted by molar-refractivity contribution is 7.88. The van der Waals surface area contributed by atoms with E-state index in [-0.39, 0.29) is 25.3 Å². The van der Waals surface area contributed by atoms with Gasteiger partial charge in [0.1, 0.15) is 0 Å². The maximum atomic E-state index is 12.1. The first-order chi connectivity index (χ1) is 9.89. The molecule has 0 saturated heterocycles. The average Bonchev–Trinajstić information content (AvgIpc) is 2.45. The van der Waals surface area contributed by atoms with Crippen LogP contribution in [0, 0.1) is 11.3 Å². The Kier molecular flexibility index (Phi) is 6.34. The van der Waals surface area contributed by atoms with Crippen LogP contribution in [0.5, 0.6) is 0 Å². The zero-order valence-electron chi connectivity index (χ0n) is 12.1. The average molecular weight is 310 g/mol.